The van der Waals surface area contributed by atoms with Gasteiger partial charge in [-0.3, -0.25) is 4.57 Å². The Balaban J connectivity index is 2.70. The normalized spacial score (nSPS) is 11.2. The molecule has 0 saturated carbocycles. The van der Waals surface area contributed by atoms with Crippen LogP contribution in [-0.2, 0) is 6.54 Å². The minimum absolute atomic E-state index is 0.286. The topological polar surface area (TPSA) is 47.2 Å². The van der Waals surface area contributed by atoms with Gasteiger partial charge >= 0.3 is 5.76 Å². The summed E-state index contributed by atoms with van der Waals surface area (Å²) < 4.78 is 6.90. The summed E-state index contributed by atoms with van der Waals surface area (Å²) in [5.74, 6) is 0.120. The van der Waals surface area contributed by atoms with Crippen molar-refractivity contribution in [3.63, 3.8) is 0 Å². The first-order valence-electron chi connectivity index (χ1n) is 5.43. The van der Waals surface area contributed by atoms with E-state index in [1.165, 1.54) is 0 Å². The molecule has 4 nitrogen and oxygen atoms in total. The summed E-state index contributed by atoms with van der Waals surface area (Å²) in [7, 11) is 1.84. The SMILES string of the molecule is CNc1cccc2oc(=O)n(CC(C)C)c12. The number of hydrogen-bond acceptors (Lipinski definition) is 3. The van der Waals surface area contributed by atoms with E-state index in [4.69, 9.17) is 4.42 Å². The highest BCUT2D eigenvalue weighted by Crippen LogP contribution is 2.22. The molecule has 0 radical (unpaired) electrons. The van der Waals surface area contributed by atoms with Gasteiger partial charge in [0.15, 0.2) is 5.58 Å². The molecule has 0 unspecified atom stereocenters. The summed E-state index contributed by atoms with van der Waals surface area (Å²) >= 11 is 0. The average Bonchev–Trinajstić information content (AvgIpc) is 2.54. The molecule has 4 heteroatoms. The molecule has 0 aliphatic carbocycles. The molecule has 1 aromatic heterocycles. The van der Waals surface area contributed by atoms with Crippen LogP contribution >= 0.6 is 0 Å². The van der Waals surface area contributed by atoms with Crippen molar-refractivity contribution < 1.29 is 4.42 Å². The number of oxazole rings is 1. The third kappa shape index (κ3) is 1.71. The van der Waals surface area contributed by atoms with Crippen LogP contribution in [0.15, 0.2) is 27.4 Å². The maximum absolute atomic E-state index is 11.7. The molecule has 0 amide bonds. The molecule has 2 aromatic rings. The van der Waals surface area contributed by atoms with Crippen molar-refractivity contribution in [2.75, 3.05) is 12.4 Å². The van der Waals surface area contributed by atoms with Crippen molar-refractivity contribution in [3.8, 4) is 0 Å². The number of nitrogens with zero attached hydrogens (tertiary/aromatic N) is 1. The van der Waals surface area contributed by atoms with Crippen molar-refractivity contribution in [2.45, 2.75) is 20.4 Å². The molecule has 1 heterocycles. The van der Waals surface area contributed by atoms with E-state index in [1.807, 2.05) is 25.2 Å². The van der Waals surface area contributed by atoms with Gasteiger partial charge in [0.05, 0.1) is 5.69 Å². The number of aromatic nitrogens is 1. The number of benzene rings is 1. The number of para-hydroxylation sites is 1. The van der Waals surface area contributed by atoms with Crippen molar-refractivity contribution in [2.24, 2.45) is 5.92 Å². The van der Waals surface area contributed by atoms with Gasteiger partial charge in [0, 0.05) is 13.6 Å². The van der Waals surface area contributed by atoms with Gasteiger partial charge in [-0.05, 0) is 18.1 Å². The molecule has 0 bridgehead atoms. The Morgan fingerprint density at radius 2 is 2.19 bits per heavy atom. The maximum atomic E-state index is 11.7. The maximum Gasteiger partial charge on any atom is 0.420 e. The molecule has 86 valence electrons. The molecule has 1 aromatic carbocycles. The summed E-state index contributed by atoms with van der Waals surface area (Å²) in [5.41, 5.74) is 2.41. The second-order valence-electron chi connectivity index (χ2n) is 4.27. The molecule has 1 N–H and O–H groups in total. The van der Waals surface area contributed by atoms with Crippen molar-refractivity contribution in [1.29, 1.82) is 0 Å². The van der Waals surface area contributed by atoms with Crippen LogP contribution in [-0.4, -0.2) is 11.6 Å². The Morgan fingerprint density at radius 1 is 1.44 bits per heavy atom. The zero-order chi connectivity index (χ0) is 11.7. The van der Waals surface area contributed by atoms with Gasteiger partial charge in [0.2, 0.25) is 0 Å². The third-order valence-corrected chi connectivity index (χ3v) is 2.50. The number of hydrogen-bond donors (Lipinski definition) is 1. The highest BCUT2D eigenvalue weighted by atomic mass is 16.4. The molecule has 0 aliphatic heterocycles. The molecular formula is C12H16N2O2. The fourth-order valence-electron chi connectivity index (χ4n) is 1.86. The smallest absolute Gasteiger partial charge is 0.408 e. The van der Waals surface area contributed by atoms with Gasteiger partial charge in [0.25, 0.3) is 0 Å². The first-order chi connectivity index (χ1) is 7.63. The van der Waals surface area contributed by atoms with Gasteiger partial charge in [-0.2, -0.15) is 0 Å². The third-order valence-electron chi connectivity index (χ3n) is 2.50. The number of rotatable bonds is 3. The first kappa shape index (κ1) is 10.8. The van der Waals surface area contributed by atoms with Crippen molar-refractivity contribution >= 4 is 16.8 Å². The van der Waals surface area contributed by atoms with Gasteiger partial charge in [-0.15, -0.1) is 0 Å². The molecule has 16 heavy (non-hydrogen) atoms. The second-order valence-corrected chi connectivity index (χ2v) is 4.27. The molecule has 0 spiro atoms. The summed E-state index contributed by atoms with van der Waals surface area (Å²) in [6.07, 6.45) is 0. The largest absolute Gasteiger partial charge is 0.420 e. The zero-order valence-electron chi connectivity index (χ0n) is 9.78. The Bertz CT molecular complexity index is 552. The van der Waals surface area contributed by atoms with Crippen LogP contribution in [0.4, 0.5) is 5.69 Å². The van der Waals surface area contributed by atoms with Crippen LogP contribution in [0, 0.1) is 5.92 Å². The Hall–Kier alpha value is -1.71. The highest BCUT2D eigenvalue weighted by Gasteiger charge is 2.13. The Morgan fingerprint density at radius 3 is 2.81 bits per heavy atom. The minimum atomic E-state index is -0.286. The van der Waals surface area contributed by atoms with E-state index in [9.17, 15) is 4.79 Å². The van der Waals surface area contributed by atoms with Gasteiger partial charge in [-0.1, -0.05) is 19.9 Å². The number of fused-ring (bicyclic) bond motifs is 1. The van der Waals surface area contributed by atoms with Crippen LogP contribution < -0.4 is 11.1 Å². The molecule has 0 atom stereocenters. The van der Waals surface area contributed by atoms with Gasteiger partial charge in [0.1, 0.15) is 5.52 Å². The summed E-state index contributed by atoms with van der Waals surface area (Å²) in [6.45, 7) is 4.82. The molecule has 0 aliphatic rings. The molecule has 0 fully saturated rings. The lowest BCUT2D eigenvalue weighted by atomic mass is 10.2. The summed E-state index contributed by atoms with van der Waals surface area (Å²) in [6, 6.07) is 5.62. The van der Waals surface area contributed by atoms with E-state index >= 15 is 0 Å². The molecule has 2 rings (SSSR count). The number of anilines is 1. The predicted octanol–water partition coefficient (Wildman–Crippen LogP) is 2.29. The van der Waals surface area contributed by atoms with Crippen LogP contribution in [0.2, 0.25) is 0 Å². The van der Waals surface area contributed by atoms with E-state index in [1.54, 1.807) is 4.57 Å². The van der Waals surface area contributed by atoms with Crippen LogP contribution in [0.3, 0.4) is 0 Å². The van der Waals surface area contributed by atoms with E-state index in [0.717, 1.165) is 11.2 Å². The standard InChI is InChI=1S/C12H16N2O2/c1-8(2)7-14-11-9(13-3)5-4-6-10(11)16-12(14)15/h4-6,8,13H,7H2,1-3H3. The lowest BCUT2D eigenvalue weighted by Crippen LogP contribution is -2.17. The van der Waals surface area contributed by atoms with E-state index in [2.05, 4.69) is 19.2 Å². The number of nitrogens with one attached hydrogen (secondary N) is 1. The van der Waals surface area contributed by atoms with E-state index in [0.29, 0.717) is 18.0 Å². The summed E-state index contributed by atoms with van der Waals surface area (Å²) in [4.78, 5) is 11.7. The van der Waals surface area contributed by atoms with E-state index in [-0.39, 0.29) is 5.76 Å². The molecule has 0 saturated heterocycles. The lowest BCUT2D eigenvalue weighted by molar-refractivity contribution is 0.459. The summed E-state index contributed by atoms with van der Waals surface area (Å²) in [5, 5.41) is 3.08. The Labute approximate surface area is 93.9 Å². The van der Waals surface area contributed by atoms with Crippen molar-refractivity contribution in [1.82, 2.24) is 4.57 Å². The zero-order valence-corrected chi connectivity index (χ0v) is 9.78. The van der Waals surface area contributed by atoms with Gasteiger partial charge in [-0.25, -0.2) is 4.79 Å². The fraction of sp³-hybridized carbons (Fsp3) is 0.417. The molecular weight excluding hydrogens is 204 g/mol. The van der Waals surface area contributed by atoms with Crippen LogP contribution in [0.1, 0.15) is 13.8 Å². The highest BCUT2D eigenvalue weighted by molar-refractivity contribution is 5.86. The van der Waals surface area contributed by atoms with Crippen molar-refractivity contribution in [3.05, 3.63) is 28.7 Å². The minimum Gasteiger partial charge on any atom is -0.408 e. The van der Waals surface area contributed by atoms with Crippen LogP contribution in [0.25, 0.3) is 11.1 Å². The monoisotopic (exact) mass is 220 g/mol. The second kappa shape index (κ2) is 4.04. The average molecular weight is 220 g/mol. The van der Waals surface area contributed by atoms with E-state index < -0.39 is 0 Å². The fourth-order valence-corrected chi connectivity index (χ4v) is 1.86. The van der Waals surface area contributed by atoms with Crippen LogP contribution in [0.5, 0.6) is 0 Å². The Kier molecular flexibility index (Phi) is 2.73. The quantitative estimate of drug-likeness (QED) is 0.863. The van der Waals surface area contributed by atoms with Gasteiger partial charge < -0.3 is 9.73 Å². The first-order valence-corrected chi connectivity index (χ1v) is 5.43. The lowest BCUT2D eigenvalue weighted by Gasteiger charge is -2.08. The predicted molar refractivity (Wildman–Crippen MR) is 64.9 cm³/mol.